The number of aliphatic hydroxyl groups is 1. The van der Waals surface area contributed by atoms with Gasteiger partial charge >= 0.3 is 0 Å². The normalized spacial score (nSPS) is 12.1. The molecule has 7 heteroatoms. The largest absolute Gasteiger partial charge is 0.390 e. The third kappa shape index (κ3) is 4.28. The topological polar surface area (TPSA) is 50.9 Å². The van der Waals surface area contributed by atoms with Crippen LogP contribution in [0.4, 0.5) is 0 Å². The molecule has 0 aliphatic carbocycles. The van der Waals surface area contributed by atoms with Crippen molar-refractivity contribution in [1.82, 2.24) is 15.0 Å². The highest BCUT2D eigenvalue weighted by molar-refractivity contribution is 6.66. The van der Waals surface area contributed by atoms with E-state index in [2.05, 4.69) is 17.2 Å². The molecule has 0 bridgehead atoms. The summed E-state index contributed by atoms with van der Waals surface area (Å²) in [5.41, 5.74) is 0.682. The Labute approximate surface area is 116 Å². The van der Waals surface area contributed by atoms with Crippen molar-refractivity contribution in [3.63, 3.8) is 0 Å². The molecule has 4 nitrogen and oxygen atoms in total. The average Bonchev–Trinajstić information content (AvgIpc) is 2.67. The fraction of sp³-hybridized carbons (Fsp3) is 0.800. The maximum absolute atomic E-state index is 9.11. The molecule has 98 valence electrons. The molecule has 0 spiro atoms. The molecule has 0 amide bonds. The molecule has 0 radical (unpaired) electrons. The summed E-state index contributed by atoms with van der Waals surface area (Å²) < 4.78 is -0.0411. The zero-order chi connectivity index (χ0) is 12.9. The summed E-state index contributed by atoms with van der Waals surface area (Å²) in [6.07, 6.45) is 4.39. The first-order valence-electron chi connectivity index (χ1n) is 5.61. The molecule has 1 rings (SSSR count). The molecule has 17 heavy (non-hydrogen) atoms. The predicted molar refractivity (Wildman–Crippen MR) is 69.3 cm³/mol. The van der Waals surface area contributed by atoms with Gasteiger partial charge in [0.15, 0.2) is 0 Å². The molecule has 0 fully saturated rings. The third-order valence-electron chi connectivity index (χ3n) is 2.45. The van der Waals surface area contributed by atoms with Gasteiger partial charge in [-0.05, 0) is 6.42 Å². The van der Waals surface area contributed by atoms with Crippen LogP contribution in [-0.4, -0.2) is 20.1 Å². The van der Waals surface area contributed by atoms with Gasteiger partial charge in [0.1, 0.15) is 11.4 Å². The Kier molecular flexibility index (Phi) is 6.00. The van der Waals surface area contributed by atoms with Gasteiger partial charge in [0, 0.05) is 6.54 Å². The van der Waals surface area contributed by atoms with Crippen LogP contribution >= 0.6 is 34.8 Å². The Bertz CT molecular complexity index is 349. The molecular formula is C10H16Cl3N3O. The van der Waals surface area contributed by atoms with Crippen molar-refractivity contribution in [2.75, 3.05) is 0 Å². The van der Waals surface area contributed by atoms with Crippen LogP contribution < -0.4 is 0 Å². The van der Waals surface area contributed by atoms with Gasteiger partial charge in [-0.3, -0.25) is 0 Å². The maximum atomic E-state index is 9.11. The number of unbranched alkanes of at least 4 members (excludes halogenated alkanes) is 3. The van der Waals surface area contributed by atoms with Gasteiger partial charge in [-0.25, -0.2) is 4.68 Å². The first kappa shape index (κ1) is 15.0. The Hall–Kier alpha value is -0.0300. The second-order valence-corrected chi connectivity index (χ2v) is 6.11. The van der Waals surface area contributed by atoms with E-state index in [0.29, 0.717) is 17.9 Å². The minimum atomic E-state index is -1.60. The lowest BCUT2D eigenvalue weighted by Crippen LogP contribution is -2.14. The fourth-order valence-electron chi connectivity index (χ4n) is 1.61. The number of rotatable bonds is 6. The van der Waals surface area contributed by atoms with Gasteiger partial charge in [0.25, 0.3) is 0 Å². The molecule has 1 N–H and O–H groups in total. The van der Waals surface area contributed by atoms with Crippen molar-refractivity contribution in [3.8, 4) is 0 Å². The van der Waals surface area contributed by atoms with E-state index in [1.165, 1.54) is 6.42 Å². The van der Waals surface area contributed by atoms with Gasteiger partial charge in [-0.15, -0.1) is 5.10 Å². The summed E-state index contributed by atoms with van der Waals surface area (Å²) in [5.74, 6) is 0. The molecule has 1 heterocycles. The highest BCUT2D eigenvalue weighted by Gasteiger charge is 2.32. The van der Waals surface area contributed by atoms with Crippen LogP contribution in [0.2, 0.25) is 0 Å². The molecule has 0 saturated carbocycles. The number of aryl methyl sites for hydroxylation is 1. The van der Waals surface area contributed by atoms with Gasteiger partial charge in [0.2, 0.25) is 3.79 Å². The lowest BCUT2D eigenvalue weighted by molar-refractivity contribution is 0.275. The smallest absolute Gasteiger partial charge is 0.234 e. The van der Waals surface area contributed by atoms with E-state index in [1.54, 1.807) is 4.68 Å². The molecule has 1 aromatic heterocycles. The number of aliphatic hydroxyl groups excluding tert-OH is 1. The minimum absolute atomic E-state index is 0.280. The number of hydrogen-bond donors (Lipinski definition) is 1. The quantitative estimate of drug-likeness (QED) is 0.648. The summed E-state index contributed by atoms with van der Waals surface area (Å²) in [6.45, 7) is 2.51. The summed E-state index contributed by atoms with van der Waals surface area (Å²) in [4.78, 5) is 0. The van der Waals surface area contributed by atoms with E-state index in [4.69, 9.17) is 39.9 Å². The zero-order valence-electron chi connectivity index (χ0n) is 9.67. The van der Waals surface area contributed by atoms with E-state index in [1.807, 2.05) is 0 Å². The Morgan fingerprint density at radius 2 is 1.94 bits per heavy atom. The van der Waals surface area contributed by atoms with Crippen molar-refractivity contribution in [2.45, 2.75) is 49.6 Å². The van der Waals surface area contributed by atoms with Gasteiger partial charge in [-0.1, -0.05) is 66.2 Å². The van der Waals surface area contributed by atoms with Crippen molar-refractivity contribution in [1.29, 1.82) is 0 Å². The van der Waals surface area contributed by atoms with Crippen LogP contribution in [0.25, 0.3) is 0 Å². The summed E-state index contributed by atoms with van der Waals surface area (Å²) in [6, 6.07) is 0. The molecule has 0 saturated heterocycles. The minimum Gasteiger partial charge on any atom is -0.390 e. The van der Waals surface area contributed by atoms with E-state index in [0.717, 1.165) is 19.3 Å². The summed E-state index contributed by atoms with van der Waals surface area (Å²) in [7, 11) is 0. The monoisotopic (exact) mass is 299 g/mol. The highest BCUT2D eigenvalue weighted by Crippen LogP contribution is 2.39. The van der Waals surface area contributed by atoms with Crippen LogP contribution in [0.3, 0.4) is 0 Å². The lowest BCUT2D eigenvalue weighted by Gasteiger charge is -2.14. The second-order valence-electron chi connectivity index (χ2n) is 3.82. The van der Waals surface area contributed by atoms with Gasteiger partial charge in [-0.2, -0.15) is 0 Å². The van der Waals surface area contributed by atoms with Crippen molar-refractivity contribution >= 4 is 34.8 Å². The predicted octanol–water partition coefficient (Wildman–Crippen LogP) is 3.18. The number of hydrogen-bond acceptors (Lipinski definition) is 3. The first-order chi connectivity index (χ1) is 8.00. The molecule has 0 aromatic carbocycles. The zero-order valence-corrected chi connectivity index (χ0v) is 11.9. The number of nitrogens with zero attached hydrogens (tertiary/aromatic N) is 3. The number of alkyl halides is 3. The van der Waals surface area contributed by atoms with Crippen LogP contribution in [0.1, 0.15) is 44.0 Å². The molecule has 0 unspecified atom stereocenters. The average molecular weight is 301 g/mol. The molecule has 0 aliphatic heterocycles. The Balaban J connectivity index is 2.75. The molecule has 0 aliphatic rings. The van der Waals surface area contributed by atoms with Gasteiger partial charge in [0.05, 0.1) is 6.61 Å². The number of halogens is 3. The first-order valence-corrected chi connectivity index (χ1v) is 6.74. The van der Waals surface area contributed by atoms with Crippen molar-refractivity contribution < 1.29 is 5.11 Å². The molecule has 1 aromatic rings. The lowest BCUT2D eigenvalue weighted by atomic mass is 10.2. The van der Waals surface area contributed by atoms with E-state index in [-0.39, 0.29) is 6.61 Å². The molecular weight excluding hydrogens is 284 g/mol. The van der Waals surface area contributed by atoms with Crippen LogP contribution in [0.15, 0.2) is 0 Å². The maximum Gasteiger partial charge on any atom is 0.234 e. The summed E-state index contributed by atoms with van der Waals surface area (Å²) in [5, 5.41) is 16.8. The summed E-state index contributed by atoms with van der Waals surface area (Å²) >= 11 is 17.5. The number of aromatic nitrogens is 3. The van der Waals surface area contributed by atoms with E-state index < -0.39 is 3.79 Å². The van der Waals surface area contributed by atoms with Crippen LogP contribution in [0.5, 0.6) is 0 Å². The third-order valence-corrected chi connectivity index (χ3v) is 2.98. The van der Waals surface area contributed by atoms with Gasteiger partial charge < -0.3 is 5.11 Å². The SMILES string of the molecule is CCCCCCn1nnc(CO)c1C(Cl)(Cl)Cl. The van der Waals surface area contributed by atoms with E-state index >= 15 is 0 Å². The van der Waals surface area contributed by atoms with Crippen LogP contribution in [-0.2, 0) is 16.9 Å². The van der Waals surface area contributed by atoms with Crippen molar-refractivity contribution in [2.24, 2.45) is 0 Å². The van der Waals surface area contributed by atoms with Crippen molar-refractivity contribution in [3.05, 3.63) is 11.4 Å². The Morgan fingerprint density at radius 3 is 2.47 bits per heavy atom. The second kappa shape index (κ2) is 6.78. The highest BCUT2D eigenvalue weighted by atomic mass is 35.6. The molecule has 0 atom stereocenters. The van der Waals surface area contributed by atoms with E-state index in [9.17, 15) is 0 Å². The fourth-order valence-corrected chi connectivity index (χ4v) is 2.23. The van der Waals surface area contributed by atoms with Crippen LogP contribution in [0, 0.1) is 0 Å². The Morgan fingerprint density at radius 1 is 1.24 bits per heavy atom. The standard InChI is InChI=1S/C10H16Cl3N3O/c1-2-3-4-5-6-16-9(10(11,12)13)8(7-17)14-15-16/h17H,2-7H2,1H3.